The lowest BCUT2D eigenvalue weighted by atomic mass is 9.80. The number of likely N-dealkylation sites (tertiary alicyclic amines) is 1. The Morgan fingerprint density at radius 2 is 1.93 bits per heavy atom. The Labute approximate surface area is 338 Å². The molecule has 1 aliphatic carbocycles. The highest BCUT2D eigenvalue weighted by atomic mass is 32.1. The third kappa shape index (κ3) is 15.3. The molecule has 5 rings (SSSR count). The molecule has 3 atom stereocenters. The molecule has 3 aliphatic rings. The van der Waals surface area contributed by atoms with Gasteiger partial charge in [0.05, 0.1) is 17.9 Å². The number of aliphatic hydroxyl groups excluding tert-OH is 1. The van der Waals surface area contributed by atoms with Crippen LogP contribution >= 0.6 is 11.3 Å². The van der Waals surface area contributed by atoms with Crippen LogP contribution in [0.2, 0.25) is 0 Å². The summed E-state index contributed by atoms with van der Waals surface area (Å²) in [7, 11) is 5.02. The van der Waals surface area contributed by atoms with Crippen molar-refractivity contribution in [2.75, 3.05) is 53.3 Å². The number of hydrogen-bond donors (Lipinski definition) is 5. The van der Waals surface area contributed by atoms with E-state index in [1.807, 2.05) is 27.8 Å². The first kappa shape index (κ1) is 51.1. The van der Waals surface area contributed by atoms with Crippen LogP contribution < -0.4 is 27.3 Å². The molecule has 0 bridgehead atoms. The Morgan fingerprint density at radius 1 is 1.23 bits per heavy atom. The van der Waals surface area contributed by atoms with Gasteiger partial charge in [0, 0.05) is 60.1 Å². The van der Waals surface area contributed by atoms with Crippen molar-refractivity contribution in [3.05, 3.63) is 64.1 Å². The number of allylic oxidation sites excluding steroid dienone is 4. The highest BCUT2D eigenvalue weighted by Crippen LogP contribution is 2.45. The monoisotopic (exact) mass is 793 g/mol. The van der Waals surface area contributed by atoms with Crippen LogP contribution in [-0.2, 0) is 16.0 Å². The number of aliphatic hydroxyl groups is 1. The molecular weight excluding hydrogens is 731 g/mol. The number of terminal acetylenes is 1. The van der Waals surface area contributed by atoms with Crippen LogP contribution in [-0.4, -0.2) is 97.9 Å². The predicted octanol–water partition coefficient (Wildman–Crippen LogP) is 5.21. The van der Waals surface area contributed by atoms with Gasteiger partial charge in [-0.1, -0.05) is 27.2 Å². The molecular formula is C41H63N9O5S. The number of aldehydes is 1. The summed E-state index contributed by atoms with van der Waals surface area (Å²) in [5.41, 5.74) is 20.6. The van der Waals surface area contributed by atoms with E-state index in [1.54, 1.807) is 6.07 Å². The fourth-order valence-electron chi connectivity index (χ4n) is 6.11. The van der Waals surface area contributed by atoms with E-state index in [-0.39, 0.29) is 35.2 Å². The summed E-state index contributed by atoms with van der Waals surface area (Å²) in [4.78, 5) is 41.2. The zero-order chi connectivity index (χ0) is 42.6. The topological polar surface area (TPSA) is 228 Å². The fraction of sp³-hybridized carbons (Fsp3) is 0.512. The second-order valence-corrected chi connectivity index (χ2v) is 13.3. The molecule has 2 aromatic heterocycles. The van der Waals surface area contributed by atoms with Crippen molar-refractivity contribution in [3.63, 3.8) is 0 Å². The Balaban J connectivity index is 0.00000173. The van der Waals surface area contributed by atoms with Crippen molar-refractivity contribution in [2.24, 2.45) is 16.5 Å². The van der Waals surface area contributed by atoms with Gasteiger partial charge in [-0.2, -0.15) is 10.2 Å². The number of carbonyl (C=O) groups excluding carboxylic acids is 2. The molecule has 0 saturated carbocycles. The Hall–Kier alpha value is -4.90. The standard InChI is InChI=1S/C29H36N8O3S.C5H11NO.C2H6.C2H4.C2H2.CH4O/c1-3-6-20(26(32)19-8-4-9-22-25(19)21(14-30)28(33)41-22)27(39)29-35-23(34-11-10-17(31)15-38)13-24(36-29)40-16-18-7-5-12-37(18)2;1-6-5-2-3-7-4-5;4*1-2/h10-11,13,15,18-19H,3-9,12,16,31-33H2,1-2H3;5-6H,2-4H2,1H3;1-2H3;1-2H2;1-2H;2H,1H3/b17-10-,26-20-,34-11+;;;;;/t18?,19-;5-;;;;/m01..../s1. The molecule has 2 fully saturated rings. The minimum absolute atomic E-state index is 0.00144. The van der Waals surface area contributed by atoms with Crippen LogP contribution in [0.1, 0.15) is 98.3 Å². The largest absolute Gasteiger partial charge is 0.476 e. The van der Waals surface area contributed by atoms with Crippen molar-refractivity contribution in [2.45, 2.75) is 90.1 Å². The van der Waals surface area contributed by atoms with Crippen LogP contribution in [0.5, 0.6) is 5.88 Å². The van der Waals surface area contributed by atoms with Crippen LogP contribution in [0.4, 0.5) is 10.8 Å². The van der Waals surface area contributed by atoms with Crippen molar-refractivity contribution < 1.29 is 24.2 Å². The first-order valence-electron chi connectivity index (χ1n) is 18.7. The zero-order valence-electron chi connectivity index (χ0n) is 34.1. The molecule has 0 aromatic carbocycles. The number of nitrogens with two attached hydrogens (primary N) is 3. The maximum Gasteiger partial charge on any atom is 0.228 e. The molecule has 1 unspecified atom stereocenters. The highest BCUT2D eigenvalue weighted by Gasteiger charge is 2.32. The number of carbonyl (C=O) groups is 2. The predicted molar refractivity (Wildman–Crippen MR) is 228 cm³/mol. The lowest BCUT2D eigenvalue weighted by Gasteiger charge is -2.25. The number of anilines is 1. The maximum atomic E-state index is 14.0. The summed E-state index contributed by atoms with van der Waals surface area (Å²) in [6.45, 7) is 15.2. The van der Waals surface area contributed by atoms with Gasteiger partial charge in [-0.25, -0.2) is 9.98 Å². The molecule has 0 radical (unpaired) electrons. The molecule has 2 aliphatic heterocycles. The van der Waals surface area contributed by atoms with E-state index >= 15 is 0 Å². The normalized spacial score (nSPS) is 18.9. The van der Waals surface area contributed by atoms with Gasteiger partial charge < -0.3 is 42.0 Å². The van der Waals surface area contributed by atoms with E-state index in [0.717, 1.165) is 63.0 Å². The first-order valence-corrected chi connectivity index (χ1v) is 19.6. The van der Waals surface area contributed by atoms with Gasteiger partial charge in [0.1, 0.15) is 17.7 Å². The summed E-state index contributed by atoms with van der Waals surface area (Å²) in [6, 6.07) is 4.64. The molecule has 0 spiro atoms. The number of aryl methyl sites for hydroxylation is 1. The number of ketones is 1. The van der Waals surface area contributed by atoms with Gasteiger partial charge in [0.2, 0.25) is 17.5 Å². The number of thiophene rings is 1. The van der Waals surface area contributed by atoms with Crippen molar-refractivity contribution in [3.8, 4) is 24.8 Å². The summed E-state index contributed by atoms with van der Waals surface area (Å²) >= 11 is 1.42. The second kappa shape index (κ2) is 29.4. The average molecular weight is 794 g/mol. The van der Waals surface area contributed by atoms with E-state index < -0.39 is 5.78 Å². The number of Topliss-reactive ketones (excluding diaryl/α,β-unsaturated/α-hetero) is 1. The summed E-state index contributed by atoms with van der Waals surface area (Å²) in [6.07, 6.45) is 18.0. The number of fused-ring (bicyclic) bond motifs is 1. The molecule has 308 valence electrons. The van der Waals surface area contributed by atoms with E-state index in [1.165, 1.54) is 30.0 Å². The quantitative estimate of drug-likeness (QED) is 0.0465. The van der Waals surface area contributed by atoms with Crippen molar-refractivity contribution in [1.29, 1.82) is 5.26 Å². The Kier molecular flexibility index (Phi) is 26.8. The molecule has 4 heterocycles. The summed E-state index contributed by atoms with van der Waals surface area (Å²) in [5.74, 6) is -0.399. The first-order chi connectivity index (χ1) is 27.2. The average Bonchev–Trinajstić information content (AvgIpc) is 4.01. The van der Waals surface area contributed by atoms with Crippen LogP contribution in [0.25, 0.3) is 0 Å². The van der Waals surface area contributed by atoms with Gasteiger partial charge >= 0.3 is 0 Å². The lowest BCUT2D eigenvalue weighted by Crippen LogP contribution is -2.30. The Morgan fingerprint density at radius 3 is 2.46 bits per heavy atom. The molecule has 56 heavy (non-hydrogen) atoms. The maximum absolute atomic E-state index is 14.0. The van der Waals surface area contributed by atoms with E-state index in [4.69, 9.17) is 31.8 Å². The minimum atomic E-state index is -0.416. The summed E-state index contributed by atoms with van der Waals surface area (Å²) < 4.78 is 11.1. The van der Waals surface area contributed by atoms with Gasteiger partial charge in [-0.3, -0.25) is 9.59 Å². The summed E-state index contributed by atoms with van der Waals surface area (Å²) in [5, 5.41) is 20.4. The van der Waals surface area contributed by atoms with Gasteiger partial charge in [-0.15, -0.1) is 37.3 Å². The highest BCUT2D eigenvalue weighted by molar-refractivity contribution is 7.16. The molecule has 8 N–H and O–H groups in total. The number of nitrogens with zero attached hydrogens (tertiary/aromatic N) is 5. The number of likely N-dealkylation sites (N-methyl/N-ethyl adjacent to an activating group) is 2. The van der Waals surface area contributed by atoms with Crippen LogP contribution in [0.15, 0.2) is 47.3 Å². The number of hydrogen-bond acceptors (Lipinski definition) is 15. The number of rotatable bonds is 12. The van der Waals surface area contributed by atoms with Crippen molar-refractivity contribution >= 4 is 40.4 Å². The number of nitriles is 1. The smallest absolute Gasteiger partial charge is 0.228 e. The SMILES string of the molecule is C#C.C=C.CC.CCC/C(C(=O)c1nc(/N=C/C=C(\N)C=O)cc(OCC2CCCN2C)n1)=C(/N)[C@H]1CCCc2sc(N)c(C#N)c21.CN[C@@H]1CCOC1.CO. The molecule has 2 aromatic rings. The third-order valence-corrected chi connectivity index (χ3v) is 9.93. The Bertz CT molecular complexity index is 1640. The van der Waals surface area contributed by atoms with Crippen LogP contribution in [0.3, 0.4) is 0 Å². The van der Waals surface area contributed by atoms with E-state index in [9.17, 15) is 14.9 Å². The van der Waals surface area contributed by atoms with Crippen molar-refractivity contribution in [1.82, 2.24) is 20.2 Å². The van der Waals surface area contributed by atoms with Crippen LogP contribution in [0, 0.1) is 24.2 Å². The van der Waals surface area contributed by atoms with E-state index in [2.05, 4.69) is 64.3 Å². The van der Waals surface area contributed by atoms with E-state index in [0.29, 0.717) is 60.0 Å². The number of aromatic nitrogens is 2. The van der Waals surface area contributed by atoms with Gasteiger partial charge in [0.25, 0.3) is 0 Å². The fourth-order valence-corrected chi connectivity index (χ4v) is 7.24. The number of nitrogens with one attached hydrogen (secondary N) is 1. The molecule has 15 heteroatoms. The van der Waals surface area contributed by atoms with Gasteiger partial charge in [-0.05, 0) is 77.2 Å². The third-order valence-electron chi connectivity index (χ3n) is 8.84. The zero-order valence-corrected chi connectivity index (χ0v) is 34.9. The molecule has 2 saturated heterocycles. The molecule has 14 nitrogen and oxygen atoms in total. The molecule has 0 amide bonds. The minimum Gasteiger partial charge on any atom is -0.476 e. The second-order valence-electron chi connectivity index (χ2n) is 12.1. The number of ether oxygens (including phenoxy) is 2. The number of nitrogen functional groups attached to an aromatic ring is 1. The number of aliphatic imine (C=N–C) groups is 1. The lowest BCUT2D eigenvalue weighted by molar-refractivity contribution is -0.104. The van der Waals surface area contributed by atoms with Gasteiger partial charge in [0.15, 0.2) is 12.1 Å².